The van der Waals surface area contributed by atoms with Gasteiger partial charge in [0.15, 0.2) is 0 Å². The normalized spacial score (nSPS) is 18.6. The fourth-order valence-electron chi connectivity index (χ4n) is 1.71. The van der Waals surface area contributed by atoms with E-state index in [9.17, 15) is 0 Å². The van der Waals surface area contributed by atoms with Gasteiger partial charge in [-0.2, -0.15) is 11.8 Å². The van der Waals surface area contributed by atoms with Crippen LogP contribution in [0.25, 0.3) is 0 Å². The van der Waals surface area contributed by atoms with Crippen LogP contribution in [0, 0.1) is 5.92 Å². The molecule has 1 saturated heterocycles. The summed E-state index contributed by atoms with van der Waals surface area (Å²) in [5, 5.41) is 10.1. The molecular weight excluding hydrogens is 214 g/mol. The van der Waals surface area contributed by atoms with E-state index < -0.39 is 0 Å². The number of nitrogens with zero attached hydrogens (tertiary/aromatic N) is 1. The maximum atomic E-state index is 8.92. The summed E-state index contributed by atoms with van der Waals surface area (Å²) in [5.41, 5.74) is 0. The molecule has 1 fully saturated rings. The van der Waals surface area contributed by atoms with Gasteiger partial charge in [0.2, 0.25) is 0 Å². The first-order valence-corrected chi connectivity index (χ1v) is 6.98. The van der Waals surface area contributed by atoms with Crippen molar-refractivity contribution in [3.8, 4) is 0 Å². The molecule has 4 heteroatoms. The lowest BCUT2D eigenvalue weighted by Crippen LogP contribution is -2.11. The minimum absolute atomic E-state index is 0.137. The Morgan fingerprint density at radius 1 is 1.43 bits per heavy atom. The van der Waals surface area contributed by atoms with Crippen LogP contribution in [0.2, 0.25) is 0 Å². The van der Waals surface area contributed by atoms with Crippen molar-refractivity contribution < 1.29 is 5.11 Å². The van der Waals surface area contributed by atoms with Crippen LogP contribution in [0.5, 0.6) is 0 Å². The molecule has 0 atom stereocenters. The van der Waals surface area contributed by atoms with Crippen molar-refractivity contribution in [2.24, 2.45) is 5.92 Å². The van der Waals surface area contributed by atoms with Crippen LogP contribution in [0.3, 0.4) is 0 Å². The van der Waals surface area contributed by atoms with E-state index in [0.717, 1.165) is 17.2 Å². The summed E-state index contributed by atoms with van der Waals surface area (Å²) in [7, 11) is 0. The van der Waals surface area contributed by atoms with Crippen molar-refractivity contribution in [3.05, 3.63) is 16.1 Å². The molecule has 1 aliphatic heterocycles. The Bertz CT molecular complexity index is 281. The van der Waals surface area contributed by atoms with Crippen LogP contribution in [-0.2, 0) is 13.0 Å². The topological polar surface area (TPSA) is 33.1 Å². The Morgan fingerprint density at radius 3 is 2.86 bits per heavy atom. The summed E-state index contributed by atoms with van der Waals surface area (Å²) in [6.45, 7) is 0.137. The van der Waals surface area contributed by atoms with Crippen molar-refractivity contribution in [2.75, 3.05) is 11.5 Å². The van der Waals surface area contributed by atoms with E-state index >= 15 is 0 Å². The Balaban J connectivity index is 1.89. The van der Waals surface area contributed by atoms with Gasteiger partial charge in [-0.1, -0.05) is 0 Å². The average molecular weight is 229 g/mol. The number of aliphatic hydroxyl groups excluding tert-OH is 1. The number of thiazole rings is 1. The van der Waals surface area contributed by atoms with E-state index in [2.05, 4.69) is 16.7 Å². The molecule has 0 amide bonds. The van der Waals surface area contributed by atoms with E-state index in [1.807, 2.05) is 0 Å². The highest BCUT2D eigenvalue weighted by Gasteiger charge is 2.15. The third-order valence-electron chi connectivity index (χ3n) is 2.56. The molecule has 0 aliphatic carbocycles. The van der Waals surface area contributed by atoms with Gasteiger partial charge in [0, 0.05) is 12.6 Å². The zero-order chi connectivity index (χ0) is 9.80. The molecule has 0 bridgehead atoms. The second-order valence-electron chi connectivity index (χ2n) is 3.64. The summed E-state index contributed by atoms with van der Waals surface area (Å²) in [5.74, 6) is 3.44. The van der Waals surface area contributed by atoms with Crippen LogP contribution in [0.15, 0.2) is 6.20 Å². The van der Waals surface area contributed by atoms with Gasteiger partial charge < -0.3 is 5.11 Å². The van der Waals surface area contributed by atoms with Gasteiger partial charge in [0.1, 0.15) is 0 Å². The quantitative estimate of drug-likeness (QED) is 0.863. The Morgan fingerprint density at radius 2 is 2.21 bits per heavy atom. The lowest BCUT2D eigenvalue weighted by atomic mass is 9.99. The lowest BCUT2D eigenvalue weighted by molar-refractivity contribution is 0.285. The molecule has 0 spiro atoms. The molecule has 2 nitrogen and oxygen atoms in total. The van der Waals surface area contributed by atoms with Gasteiger partial charge in [-0.05, 0) is 30.3 Å². The predicted octanol–water partition coefficient (Wildman–Crippen LogP) is 2.32. The zero-order valence-corrected chi connectivity index (χ0v) is 9.74. The molecule has 1 aliphatic rings. The highest BCUT2D eigenvalue weighted by molar-refractivity contribution is 7.99. The average Bonchev–Trinajstić information content (AvgIpc) is 2.67. The van der Waals surface area contributed by atoms with Crippen molar-refractivity contribution >= 4 is 23.1 Å². The van der Waals surface area contributed by atoms with Crippen molar-refractivity contribution in [1.29, 1.82) is 0 Å². The molecule has 0 saturated carbocycles. The molecule has 1 aromatic rings. The summed E-state index contributed by atoms with van der Waals surface area (Å²) in [6.07, 6.45) is 5.58. The molecule has 0 aromatic carbocycles. The lowest BCUT2D eigenvalue weighted by Gasteiger charge is -2.19. The summed E-state index contributed by atoms with van der Waals surface area (Å²) >= 11 is 3.72. The maximum Gasteiger partial charge on any atom is 0.0931 e. The van der Waals surface area contributed by atoms with Crippen molar-refractivity contribution in [2.45, 2.75) is 25.9 Å². The van der Waals surface area contributed by atoms with Crippen LogP contribution in [-0.4, -0.2) is 21.6 Å². The molecular formula is C10H15NOS2. The largest absolute Gasteiger partial charge is 0.391 e. The molecule has 1 N–H and O–H groups in total. The Hall–Kier alpha value is -0.0600. The van der Waals surface area contributed by atoms with Crippen molar-refractivity contribution in [1.82, 2.24) is 4.98 Å². The summed E-state index contributed by atoms with van der Waals surface area (Å²) < 4.78 is 0. The summed E-state index contributed by atoms with van der Waals surface area (Å²) in [6, 6.07) is 0. The number of thioether (sulfide) groups is 1. The molecule has 1 aromatic heterocycles. The van der Waals surface area contributed by atoms with E-state index in [-0.39, 0.29) is 6.61 Å². The first-order chi connectivity index (χ1) is 6.88. The van der Waals surface area contributed by atoms with E-state index in [1.54, 1.807) is 17.5 Å². The molecule has 0 radical (unpaired) electrons. The van der Waals surface area contributed by atoms with Gasteiger partial charge in [-0.3, -0.25) is 0 Å². The minimum atomic E-state index is 0.137. The number of aromatic nitrogens is 1. The highest BCUT2D eigenvalue weighted by atomic mass is 32.2. The van der Waals surface area contributed by atoms with Gasteiger partial charge in [-0.15, -0.1) is 11.3 Å². The second kappa shape index (κ2) is 5.14. The fraction of sp³-hybridized carbons (Fsp3) is 0.700. The monoisotopic (exact) mass is 229 g/mol. The molecule has 2 heterocycles. The fourth-order valence-corrected chi connectivity index (χ4v) is 3.81. The second-order valence-corrected chi connectivity index (χ2v) is 6.06. The molecule has 0 unspecified atom stereocenters. The predicted molar refractivity (Wildman–Crippen MR) is 61.8 cm³/mol. The number of hydrogen-bond acceptors (Lipinski definition) is 4. The van der Waals surface area contributed by atoms with E-state index in [0.29, 0.717) is 0 Å². The standard InChI is InChI=1S/C10H15NOS2/c12-7-9-6-11-10(14-9)5-8-1-3-13-4-2-8/h6,8,12H,1-5,7H2. The van der Waals surface area contributed by atoms with Crippen molar-refractivity contribution in [3.63, 3.8) is 0 Å². The third-order valence-corrected chi connectivity index (χ3v) is 4.61. The Labute approximate surface area is 92.8 Å². The maximum absolute atomic E-state index is 8.92. The van der Waals surface area contributed by atoms with E-state index in [1.165, 1.54) is 29.4 Å². The van der Waals surface area contributed by atoms with Gasteiger partial charge in [0.25, 0.3) is 0 Å². The summed E-state index contributed by atoms with van der Waals surface area (Å²) in [4.78, 5) is 5.32. The minimum Gasteiger partial charge on any atom is -0.391 e. The molecule has 78 valence electrons. The van der Waals surface area contributed by atoms with Gasteiger partial charge in [0.05, 0.1) is 16.5 Å². The van der Waals surface area contributed by atoms with Crippen LogP contribution in [0.4, 0.5) is 0 Å². The smallest absolute Gasteiger partial charge is 0.0931 e. The van der Waals surface area contributed by atoms with Gasteiger partial charge >= 0.3 is 0 Å². The third kappa shape index (κ3) is 2.72. The van der Waals surface area contributed by atoms with Gasteiger partial charge in [-0.25, -0.2) is 4.98 Å². The molecule has 14 heavy (non-hydrogen) atoms. The SMILES string of the molecule is OCc1cnc(CC2CCSCC2)s1. The zero-order valence-electron chi connectivity index (χ0n) is 8.11. The first kappa shape index (κ1) is 10.5. The van der Waals surface area contributed by atoms with E-state index in [4.69, 9.17) is 5.11 Å². The molecule has 2 rings (SSSR count). The first-order valence-electron chi connectivity index (χ1n) is 5.00. The van der Waals surface area contributed by atoms with Crippen LogP contribution in [0.1, 0.15) is 22.7 Å². The number of aliphatic hydroxyl groups is 1. The highest BCUT2D eigenvalue weighted by Crippen LogP contribution is 2.27. The Kier molecular flexibility index (Phi) is 3.84. The number of hydrogen-bond donors (Lipinski definition) is 1. The van der Waals surface area contributed by atoms with Crippen LogP contribution < -0.4 is 0 Å². The number of rotatable bonds is 3. The van der Waals surface area contributed by atoms with Crippen LogP contribution >= 0.6 is 23.1 Å².